The summed E-state index contributed by atoms with van der Waals surface area (Å²) in [5, 5.41) is 24.6. The molecule has 4 unspecified atom stereocenters. The van der Waals surface area contributed by atoms with Crippen LogP contribution in [0.15, 0.2) is 0 Å². The molecular formula is C18H30N6O9. The quantitative estimate of drug-likeness (QED) is 0.114. The maximum atomic E-state index is 12.7. The Morgan fingerprint density at radius 2 is 1.15 bits per heavy atom. The smallest absolute Gasteiger partial charge is 0.326 e. The van der Waals surface area contributed by atoms with E-state index in [2.05, 4.69) is 10.6 Å². The minimum atomic E-state index is -1.75. The largest absolute Gasteiger partial charge is 0.481 e. The molecule has 0 aliphatic carbocycles. The number of carbonyl (C=O) groups excluding carboxylic acids is 5. The lowest BCUT2D eigenvalue weighted by atomic mass is 10.0. The number of carboxylic acids is 2. The number of primary amides is 2. The van der Waals surface area contributed by atoms with Gasteiger partial charge >= 0.3 is 11.9 Å². The molecule has 0 spiro atoms. The maximum absolute atomic E-state index is 12.7. The van der Waals surface area contributed by atoms with E-state index in [4.69, 9.17) is 27.4 Å². The highest BCUT2D eigenvalue weighted by Gasteiger charge is 2.32. The highest BCUT2D eigenvalue weighted by molar-refractivity contribution is 5.96. The number of carbonyl (C=O) groups is 7. The molecular weight excluding hydrogens is 444 g/mol. The van der Waals surface area contributed by atoms with Crippen molar-refractivity contribution < 1.29 is 43.8 Å². The molecule has 0 bridgehead atoms. The standard InChI is InChI=1S/C18H30N6O9/c1-7(2)3-9(22-15(29)8(19)4-12(20)25)16(30)23-10(6-14(27)28)17(31)24-11(18(32)33)5-13(21)26/h7-11H,3-6,19H2,1-2H3,(H2,20,25)(H2,21,26)(H,22,29)(H,23,30)(H,24,31)(H,27,28)(H,32,33). The molecule has 0 aliphatic rings. The fourth-order valence-electron chi connectivity index (χ4n) is 2.62. The topological polar surface area (TPSA) is 274 Å². The fraction of sp³-hybridized carbons (Fsp3) is 0.611. The predicted octanol–water partition coefficient (Wildman–Crippen LogP) is -3.88. The van der Waals surface area contributed by atoms with E-state index < -0.39 is 84.9 Å². The van der Waals surface area contributed by atoms with Gasteiger partial charge in [-0.05, 0) is 12.3 Å². The van der Waals surface area contributed by atoms with E-state index in [-0.39, 0.29) is 12.3 Å². The van der Waals surface area contributed by atoms with Crippen molar-refractivity contribution in [2.75, 3.05) is 0 Å². The Morgan fingerprint density at radius 1 is 0.697 bits per heavy atom. The van der Waals surface area contributed by atoms with Gasteiger partial charge in [-0.2, -0.15) is 0 Å². The summed E-state index contributed by atoms with van der Waals surface area (Å²) in [6, 6.07) is -6.09. The third-order valence-electron chi connectivity index (χ3n) is 4.13. The van der Waals surface area contributed by atoms with Crippen LogP contribution in [-0.4, -0.2) is 75.9 Å². The first kappa shape index (κ1) is 29.2. The lowest BCUT2D eigenvalue weighted by molar-refractivity contribution is -0.144. The van der Waals surface area contributed by atoms with Gasteiger partial charge in [0.15, 0.2) is 0 Å². The first-order valence-electron chi connectivity index (χ1n) is 9.81. The van der Waals surface area contributed by atoms with Crippen LogP contribution in [0.5, 0.6) is 0 Å². The number of nitrogens with one attached hydrogen (secondary N) is 3. The molecule has 11 N–H and O–H groups in total. The van der Waals surface area contributed by atoms with Crippen LogP contribution in [0.25, 0.3) is 0 Å². The highest BCUT2D eigenvalue weighted by atomic mass is 16.4. The molecule has 0 aromatic heterocycles. The Morgan fingerprint density at radius 3 is 1.58 bits per heavy atom. The molecule has 0 radical (unpaired) electrons. The van der Waals surface area contributed by atoms with E-state index >= 15 is 0 Å². The highest BCUT2D eigenvalue weighted by Crippen LogP contribution is 2.07. The second kappa shape index (κ2) is 13.6. The Bertz CT molecular complexity index is 785. The van der Waals surface area contributed by atoms with Gasteiger partial charge in [0.05, 0.1) is 25.3 Å². The molecule has 5 amide bonds. The van der Waals surface area contributed by atoms with Crippen LogP contribution in [-0.2, 0) is 33.6 Å². The third kappa shape index (κ3) is 12.0. The SMILES string of the molecule is CC(C)CC(NC(=O)C(N)CC(N)=O)C(=O)NC(CC(=O)O)C(=O)NC(CC(N)=O)C(=O)O. The van der Waals surface area contributed by atoms with E-state index in [1.807, 2.05) is 5.32 Å². The summed E-state index contributed by atoms with van der Waals surface area (Å²) in [5.41, 5.74) is 15.5. The van der Waals surface area contributed by atoms with Gasteiger partial charge in [0.25, 0.3) is 0 Å². The average Bonchev–Trinajstić information content (AvgIpc) is 2.64. The van der Waals surface area contributed by atoms with Gasteiger partial charge in [-0.3, -0.25) is 28.8 Å². The minimum Gasteiger partial charge on any atom is -0.481 e. The Labute approximate surface area is 188 Å². The molecule has 0 saturated carbocycles. The van der Waals surface area contributed by atoms with E-state index in [1.165, 1.54) is 0 Å². The zero-order chi connectivity index (χ0) is 25.9. The lowest BCUT2D eigenvalue weighted by Crippen LogP contribution is -2.58. The Balaban J connectivity index is 5.56. The van der Waals surface area contributed by atoms with Crippen LogP contribution in [0.4, 0.5) is 0 Å². The zero-order valence-corrected chi connectivity index (χ0v) is 18.2. The van der Waals surface area contributed by atoms with Crippen LogP contribution >= 0.6 is 0 Å². The summed E-state index contributed by atoms with van der Waals surface area (Å²) >= 11 is 0. The van der Waals surface area contributed by atoms with Gasteiger partial charge in [0.1, 0.15) is 18.1 Å². The predicted molar refractivity (Wildman–Crippen MR) is 111 cm³/mol. The second-order valence-electron chi connectivity index (χ2n) is 7.70. The number of amides is 5. The lowest BCUT2D eigenvalue weighted by Gasteiger charge is -2.25. The molecule has 0 heterocycles. The number of hydrogen-bond acceptors (Lipinski definition) is 8. The van der Waals surface area contributed by atoms with E-state index in [0.29, 0.717) is 0 Å². The molecule has 0 aliphatic heterocycles. The van der Waals surface area contributed by atoms with Gasteiger partial charge in [-0.1, -0.05) is 13.8 Å². The van der Waals surface area contributed by atoms with Crippen LogP contribution in [0.1, 0.15) is 39.5 Å². The molecule has 0 rings (SSSR count). The molecule has 186 valence electrons. The van der Waals surface area contributed by atoms with Crippen molar-refractivity contribution >= 4 is 41.5 Å². The van der Waals surface area contributed by atoms with E-state index in [1.54, 1.807) is 13.8 Å². The molecule has 0 aromatic carbocycles. The summed E-state index contributed by atoms with van der Waals surface area (Å²) in [6.07, 6.45) is -2.12. The van der Waals surface area contributed by atoms with Crippen LogP contribution < -0.4 is 33.2 Å². The molecule has 0 fully saturated rings. The van der Waals surface area contributed by atoms with Crippen molar-refractivity contribution in [3.63, 3.8) is 0 Å². The van der Waals surface area contributed by atoms with Crippen molar-refractivity contribution in [3.05, 3.63) is 0 Å². The van der Waals surface area contributed by atoms with E-state index in [0.717, 1.165) is 0 Å². The number of carboxylic acid groups (broad SMARTS) is 2. The van der Waals surface area contributed by atoms with Crippen LogP contribution in [0.3, 0.4) is 0 Å². The zero-order valence-electron chi connectivity index (χ0n) is 18.2. The molecule has 0 saturated heterocycles. The number of nitrogens with two attached hydrogens (primary N) is 3. The summed E-state index contributed by atoms with van der Waals surface area (Å²) in [7, 11) is 0. The first-order chi connectivity index (χ1) is 15.1. The molecule has 15 nitrogen and oxygen atoms in total. The summed E-state index contributed by atoms with van der Waals surface area (Å²) in [5.74, 6) is -8.14. The maximum Gasteiger partial charge on any atom is 0.326 e. The Kier molecular flexibility index (Phi) is 12.1. The minimum absolute atomic E-state index is 0.0572. The van der Waals surface area contributed by atoms with E-state index in [9.17, 15) is 33.6 Å². The summed E-state index contributed by atoms with van der Waals surface area (Å²) < 4.78 is 0. The first-order valence-corrected chi connectivity index (χ1v) is 9.81. The van der Waals surface area contributed by atoms with Gasteiger partial charge in [-0.15, -0.1) is 0 Å². The second-order valence-corrected chi connectivity index (χ2v) is 7.70. The van der Waals surface area contributed by atoms with Crippen LogP contribution in [0.2, 0.25) is 0 Å². The Hall–Kier alpha value is -3.75. The van der Waals surface area contributed by atoms with Crippen molar-refractivity contribution in [1.29, 1.82) is 0 Å². The van der Waals surface area contributed by atoms with Crippen molar-refractivity contribution in [2.24, 2.45) is 23.1 Å². The monoisotopic (exact) mass is 474 g/mol. The molecule has 15 heteroatoms. The number of aliphatic carboxylic acids is 2. The molecule has 33 heavy (non-hydrogen) atoms. The van der Waals surface area contributed by atoms with Crippen molar-refractivity contribution in [3.8, 4) is 0 Å². The normalized spacial score (nSPS) is 14.3. The summed E-state index contributed by atoms with van der Waals surface area (Å²) in [6.45, 7) is 3.44. The van der Waals surface area contributed by atoms with Crippen LogP contribution in [0, 0.1) is 5.92 Å². The van der Waals surface area contributed by atoms with Crippen molar-refractivity contribution in [1.82, 2.24) is 16.0 Å². The fourth-order valence-corrected chi connectivity index (χ4v) is 2.62. The van der Waals surface area contributed by atoms with Gasteiger partial charge < -0.3 is 43.4 Å². The number of hydrogen-bond donors (Lipinski definition) is 8. The van der Waals surface area contributed by atoms with Gasteiger partial charge in [-0.25, -0.2) is 4.79 Å². The summed E-state index contributed by atoms with van der Waals surface area (Å²) in [4.78, 5) is 81.7. The van der Waals surface area contributed by atoms with Crippen molar-refractivity contribution in [2.45, 2.75) is 63.7 Å². The molecule has 0 aromatic rings. The van der Waals surface area contributed by atoms with Gasteiger partial charge in [0, 0.05) is 0 Å². The molecule has 4 atom stereocenters. The van der Waals surface area contributed by atoms with Gasteiger partial charge in [0.2, 0.25) is 29.5 Å². The third-order valence-corrected chi connectivity index (χ3v) is 4.13. The average molecular weight is 474 g/mol. The number of rotatable bonds is 15.